The van der Waals surface area contributed by atoms with Crippen LogP contribution in [0.5, 0.6) is 5.75 Å². The molecule has 4 amide bonds. The second-order valence-corrected chi connectivity index (χ2v) is 8.40. The zero-order valence-electron chi connectivity index (χ0n) is 18.7. The van der Waals surface area contributed by atoms with Gasteiger partial charge in [0.1, 0.15) is 11.8 Å². The maximum Gasteiger partial charge on any atom is 0.257 e. The van der Waals surface area contributed by atoms with Crippen LogP contribution in [0.4, 0.5) is 11.4 Å². The van der Waals surface area contributed by atoms with E-state index in [0.29, 0.717) is 22.7 Å². The lowest BCUT2D eigenvalue weighted by Gasteiger charge is -2.33. The maximum absolute atomic E-state index is 13.6. The van der Waals surface area contributed by atoms with E-state index in [-0.39, 0.29) is 30.2 Å². The summed E-state index contributed by atoms with van der Waals surface area (Å²) in [6, 6.07) is 12.4. The minimum absolute atomic E-state index is 0.0571. The second kappa shape index (κ2) is 9.44. The van der Waals surface area contributed by atoms with Crippen molar-refractivity contribution in [2.45, 2.75) is 51.1 Å². The van der Waals surface area contributed by atoms with E-state index in [1.54, 1.807) is 53.4 Å². The van der Waals surface area contributed by atoms with Gasteiger partial charge in [-0.15, -0.1) is 0 Å². The highest BCUT2D eigenvalue weighted by molar-refractivity contribution is 6.23. The minimum atomic E-state index is -0.852. The molecule has 1 saturated heterocycles. The van der Waals surface area contributed by atoms with E-state index < -0.39 is 11.9 Å². The number of benzene rings is 2. The van der Waals surface area contributed by atoms with Crippen LogP contribution in [0.1, 0.15) is 49.4 Å². The van der Waals surface area contributed by atoms with Gasteiger partial charge >= 0.3 is 0 Å². The lowest BCUT2D eigenvalue weighted by Crippen LogP contribution is -2.50. The number of nitrogens with zero attached hydrogens (tertiary/aromatic N) is 2. The highest BCUT2D eigenvalue weighted by Crippen LogP contribution is 2.33. The summed E-state index contributed by atoms with van der Waals surface area (Å²) in [5.74, 6) is -0.676. The van der Waals surface area contributed by atoms with Gasteiger partial charge in [0.15, 0.2) is 0 Å². The van der Waals surface area contributed by atoms with Gasteiger partial charge in [0, 0.05) is 24.2 Å². The van der Waals surface area contributed by atoms with Crippen molar-refractivity contribution in [2.75, 3.05) is 17.3 Å². The van der Waals surface area contributed by atoms with Crippen LogP contribution in [0.3, 0.4) is 0 Å². The van der Waals surface area contributed by atoms with E-state index in [9.17, 15) is 19.2 Å². The van der Waals surface area contributed by atoms with E-state index in [1.165, 1.54) is 14.0 Å². The van der Waals surface area contributed by atoms with Crippen molar-refractivity contribution in [3.63, 3.8) is 0 Å². The van der Waals surface area contributed by atoms with Gasteiger partial charge < -0.3 is 15.0 Å². The maximum atomic E-state index is 13.6. The van der Waals surface area contributed by atoms with E-state index in [0.717, 1.165) is 30.6 Å². The predicted octanol–water partition coefficient (Wildman–Crippen LogP) is 3.37. The molecule has 0 spiro atoms. The number of hydrogen-bond acceptors (Lipinski definition) is 5. The Morgan fingerprint density at radius 1 is 1.06 bits per heavy atom. The van der Waals surface area contributed by atoms with Gasteiger partial charge in [-0.3, -0.25) is 19.2 Å². The van der Waals surface area contributed by atoms with Gasteiger partial charge in [-0.2, -0.15) is 0 Å². The summed E-state index contributed by atoms with van der Waals surface area (Å²) in [6.45, 7) is 1.41. The zero-order chi connectivity index (χ0) is 23.5. The number of amides is 4. The molecule has 2 aliphatic rings. The van der Waals surface area contributed by atoms with Crippen molar-refractivity contribution in [1.82, 2.24) is 4.90 Å². The number of methoxy groups -OCH3 is 1. The summed E-state index contributed by atoms with van der Waals surface area (Å²) in [5.41, 5.74) is 1.42. The molecule has 1 atom stereocenters. The van der Waals surface area contributed by atoms with Crippen molar-refractivity contribution in [1.29, 1.82) is 0 Å². The fraction of sp³-hybridized carbons (Fsp3) is 0.360. The number of ether oxygens (including phenoxy) is 1. The Hall–Kier alpha value is -3.68. The van der Waals surface area contributed by atoms with E-state index in [2.05, 4.69) is 5.32 Å². The van der Waals surface area contributed by atoms with Crippen LogP contribution in [0.2, 0.25) is 0 Å². The van der Waals surface area contributed by atoms with Crippen LogP contribution in [0.15, 0.2) is 48.5 Å². The quantitative estimate of drug-likeness (QED) is 0.682. The third kappa shape index (κ3) is 4.60. The molecule has 8 nitrogen and oxygen atoms in total. The molecule has 1 aliphatic carbocycles. The first-order valence-corrected chi connectivity index (χ1v) is 11.1. The second-order valence-electron chi connectivity index (χ2n) is 8.40. The van der Waals surface area contributed by atoms with Crippen LogP contribution < -0.4 is 15.0 Å². The highest BCUT2D eigenvalue weighted by Gasteiger charge is 2.47. The summed E-state index contributed by atoms with van der Waals surface area (Å²) >= 11 is 0. The number of rotatable bonds is 6. The lowest BCUT2D eigenvalue weighted by atomic mass is 10.1. The Morgan fingerprint density at radius 3 is 2.39 bits per heavy atom. The number of nitrogens with one attached hydrogen (secondary N) is 1. The summed E-state index contributed by atoms with van der Waals surface area (Å²) in [5, 5.41) is 2.66. The SMILES string of the molecule is COc1cccc(C(=O)N(C2CCCC2)C2CC(=O)N(c3ccc(NC(C)=O)cc3)C2=O)c1. The van der Waals surface area contributed by atoms with Crippen molar-refractivity contribution >= 4 is 35.0 Å². The summed E-state index contributed by atoms with van der Waals surface area (Å²) in [4.78, 5) is 54.0. The molecule has 1 saturated carbocycles. The molecule has 1 unspecified atom stereocenters. The van der Waals surface area contributed by atoms with Crippen LogP contribution in [0.25, 0.3) is 0 Å². The van der Waals surface area contributed by atoms with Crippen LogP contribution >= 0.6 is 0 Å². The monoisotopic (exact) mass is 449 g/mol. The first-order chi connectivity index (χ1) is 15.9. The van der Waals surface area contributed by atoms with E-state index in [1.807, 2.05) is 0 Å². The fourth-order valence-corrected chi connectivity index (χ4v) is 4.65. The van der Waals surface area contributed by atoms with Crippen molar-refractivity contribution in [3.05, 3.63) is 54.1 Å². The molecule has 2 aromatic carbocycles. The fourth-order valence-electron chi connectivity index (χ4n) is 4.65. The van der Waals surface area contributed by atoms with Crippen molar-refractivity contribution < 1.29 is 23.9 Å². The Morgan fingerprint density at radius 2 is 1.76 bits per heavy atom. The van der Waals surface area contributed by atoms with Gasteiger partial charge in [0.05, 0.1) is 19.2 Å². The zero-order valence-corrected chi connectivity index (χ0v) is 18.7. The van der Waals surface area contributed by atoms with Crippen molar-refractivity contribution in [3.8, 4) is 5.75 Å². The molecule has 0 bridgehead atoms. The Kier molecular flexibility index (Phi) is 6.44. The Balaban J connectivity index is 1.62. The average molecular weight is 450 g/mol. The molecule has 8 heteroatoms. The summed E-state index contributed by atoms with van der Waals surface area (Å²) < 4.78 is 5.26. The van der Waals surface area contributed by atoms with E-state index >= 15 is 0 Å². The number of hydrogen-bond donors (Lipinski definition) is 1. The topological polar surface area (TPSA) is 96.0 Å². The third-order valence-electron chi connectivity index (χ3n) is 6.17. The lowest BCUT2D eigenvalue weighted by molar-refractivity contribution is -0.123. The van der Waals surface area contributed by atoms with Gasteiger partial charge in [-0.05, 0) is 55.3 Å². The van der Waals surface area contributed by atoms with Crippen molar-refractivity contribution in [2.24, 2.45) is 0 Å². The molecule has 172 valence electrons. The molecule has 1 heterocycles. The molecule has 0 radical (unpaired) electrons. The molecule has 2 aromatic rings. The average Bonchev–Trinajstić information content (AvgIpc) is 3.43. The molecular weight excluding hydrogens is 422 g/mol. The van der Waals surface area contributed by atoms with Gasteiger partial charge in [-0.1, -0.05) is 18.9 Å². The third-order valence-corrected chi connectivity index (χ3v) is 6.17. The first-order valence-electron chi connectivity index (χ1n) is 11.1. The molecule has 4 rings (SSSR count). The van der Waals surface area contributed by atoms with Gasteiger partial charge in [-0.25, -0.2) is 4.90 Å². The smallest absolute Gasteiger partial charge is 0.257 e. The summed E-state index contributed by atoms with van der Waals surface area (Å²) in [7, 11) is 1.53. The normalized spacial score (nSPS) is 18.5. The van der Waals surface area contributed by atoms with Crippen LogP contribution in [-0.4, -0.2) is 47.7 Å². The highest BCUT2D eigenvalue weighted by atomic mass is 16.5. The van der Waals surface area contributed by atoms with Gasteiger partial charge in [0.2, 0.25) is 11.8 Å². The van der Waals surface area contributed by atoms with Gasteiger partial charge in [0.25, 0.3) is 11.8 Å². The minimum Gasteiger partial charge on any atom is -0.497 e. The molecule has 1 aliphatic heterocycles. The standard InChI is InChI=1S/C25H27N3O5/c1-16(29)26-18-10-12-20(13-11-18)28-23(30)15-22(25(28)32)27(19-7-3-4-8-19)24(31)17-6-5-9-21(14-17)33-2/h5-6,9-14,19,22H,3-4,7-8,15H2,1-2H3,(H,26,29). The largest absolute Gasteiger partial charge is 0.497 e. The Bertz CT molecular complexity index is 1080. The molecule has 0 aromatic heterocycles. The Labute approximate surface area is 192 Å². The molecule has 2 fully saturated rings. The number of imide groups is 1. The predicted molar refractivity (Wildman–Crippen MR) is 123 cm³/mol. The first kappa shape index (κ1) is 22.5. The number of anilines is 2. The summed E-state index contributed by atoms with van der Waals surface area (Å²) in [6.07, 6.45) is 3.52. The number of carbonyl (C=O) groups excluding carboxylic acids is 4. The molecule has 33 heavy (non-hydrogen) atoms. The van der Waals surface area contributed by atoms with Crippen LogP contribution in [0, 0.1) is 0 Å². The molecular formula is C25H27N3O5. The molecule has 1 N–H and O–H groups in total. The van der Waals surface area contributed by atoms with Crippen LogP contribution in [-0.2, 0) is 14.4 Å². The van der Waals surface area contributed by atoms with E-state index in [4.69, 9.17) is 4.74 Å². The number of carbonyl (C=O) groups is 4.